The van der Waals surface area contributed by atoms with Gasteiger partial charge in [-0.25, -0.2) is 4.39 Å². The number of rotatable bonds is 6. The maximum absolute atomic E-state index is 13.8. The Bertz CT molecular complexity index is 709. The van der Waals surface area contributed by atoms with E-state index in [0.29, 0.717) is 18.1 Å². The number of benzene rings is 2. The first-order valence-corrected chi connectivity index (χ1v) is 8.36. The summed E-state index contributed by atoms with van der Waals surface area (Å²) in [7, 11) is 3.40. The molecule has 4 nitrogen and oxygen atoms in total. The summed E-state index contributed by atoms with van der Waals surface area (Å²) in [5.41, 5.74) is 2.61. The fraction of sp³-hybridized carbons (Fsp3) is 0.350. The first-order valence-electron chi connectivity index (χ1n) is 8.36. The maximum Gasteiger partial charge on any atom is 0.191 e. The van der Waals surface area contributed by atoms with E-state index in [0.717, 1.165) is 11.1 Å². The van der Waals surface area contributed by atoms with Gasteiger partial charge in [0.15, 0.2) is 5.96 Å². The van der Waals surface area contributed by atoms with Gasteiger partial charge in [-0.3, -0.25) is 4.99 Å². The molecule has 0 fully saturated rings. The Balaban J connectivity index is 0.00000338. The Hall–Kier alpha value is -1.67. The van der Waals surface area contributed by atoms with Gasteiger partial charge >= 0.3 is 0 Å². The van der Waals surface area contributed by atoms with Crippen LogP contribution in [0.4, 0.5) is 4.39 Å². The molecule has 2 atom stereocenters. The summed E-state index contributed by atoms with van der Waals surface area (Å²) < 4.78 is 19.3. The molecule has 0 saturated carbocycles. The van der Waals surface area contributed by atoms with E-state index in [1.54, 1.807) is 33.2 Å². The number of hydrogen-bond donors (Lipinski definition) is 2. The summed E-state index contributed by atoms with van der Waals surface area (Å²) in [6, 6.07) is 15.2. The number of aliphatic imine (C=N–C) groups is 1. The molecular formula is C20H27FIN3O. The highest BCUT2D eigenvalue weighted by molar-refractivity contribution is 14.0. The van der Waals surface area contributed by atoms with E-state index in [2.05, 4.69) is 15.6 Å². The second-order valence-corrected chi connectivity index (χ2v) is 5.96. The summed E-state index contributed by atoms with van der Waals surface area (Å²) in [6.07, 6.45) is -0.0770. The van der Waals surface area contributed by atoms with Crippen molar-refractivity contribution < 1.29 is 9.13 Å². The van der Waals surface area contributed by atoms with Crippen LogP contribution in [0.2, 0.25) is 0 Å². The van der Waals surface area contributed by atoms with Crippen LogP contribution in [0, 0.1) is 12.7 Å². The van der Waals surface area contributed by atoms with Crippen molar-refractivity contribution in [3.8, 4) is 0 Å². The smallest absolute Gasteiger partial charge is 0.191 e. The number of aryl methyl sites for hydroxylation is 1. The molecule has 0 radical (unpaired) electrons. The first-order chi connectivity index (χ1) is 12.0. The van der Waals surface area contributed by atoms with E-state index < -0.39 is 0 Å². The molecule has 2 unspecified atom stereocenters. The molecule has 6 heteroatoms. The van der Waals surface area contributed by atoms with Gasteiger partial charge in [0, 0.05) is 20.7 Å². The maximum atomic E-state index is 13.8. The van der Waals surface area contributed by atoms with Crippen LogP contribution in [0.3, 0.4) is 0 Å². The minimum absolute atomic E-state index is 0. The SMILES string of the molecule is CN=C(NCC(OC)c1ccccc1)NC(C)c1ccc(C)c(F)c1.I. The summed E-state index contributed by atoms with van der Waals surface area (Å²) in [5, 5.41) is 6.54. The molecule has 0 aliphatic heterocycles. The van der Waals surface area contributed by atoms with Crippen LogP contribution in [-0.4, -0.2) is 26.7 Å². The van der Waals surface area contributed by atoms with Gasteiger partial charge < -0.3 is 15.4 Å². The lowest BCUT2D eigenvalue weighted by molar-refractivity contribution is 0.106. The third-order valence-corrected chi connectivity index (χ3v) is 4.18. The summed E-state index contributed by atoms with van der Waals surface area (Å²) >= 11 is 0. The number of hydrogen-bond acceptors (Lipinski definition) is 2. The molecule has 0 amide bonds. The molecule has 0 bridgehead atoms. The molecule has 0 saturated heterocycles. The predicted molar refractivity (Wildman–Crippen MR) is 116 cm³/mol. The molecule has 0 spiro atoms. The second kappa shape index (κ2) is 11.1. The van der Waals surface area contributed by atoms with Gasteiger partial charge in [-0.05, 0) is 36.6 Å². The Morgan fingerprint density at radius 2 is 1.85 bits per heavy atom. The molecule has 0 aliphatic rings. The lowest BCUT2D eigenvalue weighted by atomic mass is 10.1. The number of nitrogens with one attached hydrogen (secondary N) is 2. The Morgan fingerprint density at radius 1 is 1.15 bits per heavy atom. The summed E-state index contributed by atoms with van der Waals surface area (Å²) in [6.45, 7) is 4.31. The minimum atomic E-state index is -0.197. The van der Waals surface area contributed by atoms with Crippen molar-refractivity contribution in [2.45, 2.75) is 26.0 Å². The number of methoxy groups -OCH3 is 1. The van der Waals surface area contributed by atoms with Crippen molar-refractivity contribution in [1.82, 2.24) is 10.6 Å². The zero-order chi connectivity index (χ0) is 18.2. The van der Waals surface area contributed by atoms with Gasteiger partial charge in [-0.2, -0.15) is 0 Å². The molecule has 142 valence electrons. The number of guanidine groups is 1. The fourth-order valence-electron chi connectivity index (χ4n) is 2.56. The van der Waals surface area contributed by atoms with Crippen molar-refractivity contribution in [3.05, 3.63) is 71.0 Å². The topological polar surface area (TPSA) is 45.7 Å². The first kappa shape index (κ1) is 22.4. The van der Waals surface area contributed by atoms with Crippen molar-refractivity contribution in [2.75, 3.05) is 20.7 Å². The normalized spacial score (nSPS) is 13.5. The van der Waals surface area contributed by atoms with Crippen molar-refractivity contribution in [3.63, 3.8) is 0 Å². The van der Waals surface area contributed by atoms with Crippen LogP contribution in [-0.2, 0) is 4.74 Å². The zero-order valence-electron chi connectivity index (χ0n) is 15.6. The van der Waals surface area contributed by atoms with Crippen molar-refractivity contribution in [2.24, 2.45) is 4.99 Å². The van der Waals surface area contributed by atoms with Gasteiger partial charge in [0.25, 0.3) is 0 Å². The average molecular weight is 471 g/mol. The quantitative estimate of drug-likeness (QED) is 0.374. The third kappa shape index (κ3) is 6.25. The highest BCUT2D eigenvalue weighted by Gasteiger charge is 2.13. The lowest BCUT2D eigenvalue weighted by Gasteiger charge is -2.21. The van der Waals surface area contributed by atoms with Crippen LogP contribution < -0.4 is 10.6 Å². The molecule has 2 rings (SSSR count). The molecule has 2 N–H and O–H groups in total. The fourth-order valence-corrected chi connectivity index (χ4v) is 2.56. The minimum Gasteiger partial charge on any atom is -0.375 e. The van der Waals surface area contributed by atoms with E-state index >= 15 is 0 Å². The number of halogens is 2. The molecule has 2 aromatic rings. The standard InChI is InChI=1S/C20H26FN3O.HI/c1-14-10-11-17(12-18(14)21)15(2)24-20(22-3)23-13-19(25-4)16-8-6-5-7-9-16;/h5-12,15,19H,13H2,1-4H3,(H2,22,23,24);1H. The highest BCUT2D eigenvalue weighted by atomic mass is 127. The number of nitrogens with zero attached hydrogens (tertiary/aromatic N) is 1. The van der Waals surface area contributed by atoms with E-state index in [1.807, 2.05) is 43.3 Å². The zero-order valence-corrected chi connectivity index (χ0v) is 18.0. The van der Waals surface area contributed by atoms with Crippen molar-refractivity contribution >= 4 is 29.9 Å². The van der Waals surface area contributed by atoms with Gasteiger partial charge in [0.2, 0.25) is 0 Å². The lowest BCUT2D eigenvalue weighted by Crippen LogP contribution is -2.40. The van der Waals surface area contributed by atoms with Gasteiger partial charge in [-0.1, -0.05) is 42.5 Å². The monoisotopic (exact) mass is 471 g/mol. The highest BCUT2D eigenvalue weighted by Crippen LogP contribution is 2.17. The van der Waals surface area contributed by atoms with Crippen LogP contribution in [0.1, 0.15) is 35.8 Å². The molecule has 0 heterocycles. The third-order valence-electron chi connectivity index (χ3n) is 4.18. The molecule has 26 heavy (non-hydrogen) atoms. The molecule has 0 aromatic heterocycles. The summed E-state index contributed by atoms with van der Waals surface area (Å²) in [5.74, 6) is 0.448. The average Bonchev–Trinajstić information content (AvgIpc) is 2.64. The van der Waals surface area contributed by atoms with Crippen LogP contribution in [0.15, 0.2) is 53.5 Å². The van der Waals surface area contributed by atoms with Crippen LogP contribution >= 0.6 is 24.0 Å². The van der Waals surface area contributed by atoms with E-state index in [9.17, 15) is 4.39 Å². The van der Waals surface area contributed by atoms with Gasteiger partial charge in [0.05, 0.1) is 12.1 Å². The van der Waals surface area contributed by atoms with Crippen LogP contribution in [0.25, 0.3) is 0 Å². The van der Waals surface area contributed by atoms with E-state index in [4.69, 9.17) is 4.74 Å². The van der Waals surface area contributed by atoms with E-state index in [-0.39, 0.29) is 41.9 Å². The Morgan fingerprint density at radius 3 is 2.42 bits per heavy atom. The molecule has 0 aliphatic carbocycles. The Labute approximate surface area is 172 Å². The van der Waals surface area contributed by atoms with Gasteiger partial charge in [0.1, 0.15) is 5.82 Å². The Kier molecular flexibility index (Phi) is 9.58. The van der Waals surface area contributed by atoms with E-state index in [1.165, 1.54) is 0 Å². The predicted octanol–water partition coefficient (Wildman–Crippen LogP) is 4.37. The number of ether oxygens (including phenoxy) is 1. The van der Waals surface area contributed by atoms with Gasteiger partial charge in [-0.15, -0.1) is 24.0 Å². The molecular weight excluding hydrogens is 444 g/mol. The van der Waals surface area contributed by atoms with Crippen molar-refractivity contribution in [1.29, 1.82) is 0 Å². The molecule has 2 aromatic carbocycles. The largest absolute Gasteiger partial charge is 0.375 e. The van der Waals surface area contributed by atoms with Crippen LogP contribution in [0.5, 0.6) is 0 Å². The summed E-state index contributed by atoms with van der Waals surface area (Å²) in [4.78, 5) is 4.24. The second-order valence-electron chi connectivity index (χ2n) is 5.96.